The monoisotopic (exact) mass is 453 g/mol. The molecule has 1 aliphatic rings. The van der Waals surface area contributed by atoms with Crippen LogP contribution in [0.1, 0.15) is 56.3 Å². The van der Waals surface area contributed by atoms with E-state index in [0.29, 0.717) is 30.9 Å². The van der Waals surface area contributed by atoms with Gasteiger partial charge in [-0.1, -0.05) is 13.3 Å². The molecule has 1 aromatic carbocycles. The Kier molecular flexibility index (Phi) is 9.48. The van der Waals surface area contributed by atoms with Crippen molar-refractivity contribution in [3.8, 4) is 5.75 Å². The number of amides is 1. The second-order valence-electron chi connectivity index (χ2n) is 7.54. The predicted molar refractivity (Wildman–Crippen MR) is 116 cm³/mol. The number of ketones is 1. The number of benzene rings is 1. The van der Waals surface area contributed by atoms with Crippen LogP contribution in [0.25, 0.3) is 0 Å². The van der Waals surface area contributed by atoms with Gasteiger partial charge in [0.1, 0.15) is 5.75 Å². The van der Waals surface area contributed by atoms with Gasteiger partial charge in [0.2, 0.25) is 0 Å². The first-order valence-electron chi connectivity index (χ1n) is 10.7. The smallest absolute Gasteiger partial charge is 0.306 e. The number of ether oxygens (including phenoxy) is 2. The lowest BCUT2D eigenvalue weighted by atomic mass is 10.1. The molecule has 0 spiro atoms. The maximum Gasteiger partial charge on any atom is 0.306 e. The van der Waals surface area contributed by atoms with Crippen molar-refractivity contribution in [1.82, 2.24) is 4.90 Å². The molecule has 0 radical (unpaired) electrons. The van der Waals surface area contributed by atoms with E-state index in [1.54, 1.807) is 24.3 Å². The average molecular weight is 454 g/mol. The maximum absolute atomic E-state index is 12.6. The zero-order valence-corrected chi connectivity index (χ0v) is 19.0. The minimum atomic E-state index is -3.13. The zero-order valence-electron chi connectivity index (χ0n) is 18.2. The van der Waals surface area contributed by atoms with Gasteiger partial charge in [-0.25, -0.2) is 8.42 Å². The maximum atomic E-state index is 12.6. The SMILES string of the molecule is CCCCN(C(=O)COC(=O)CCC(=O)c1ccc(OCC)cc1)C1CCS(=O)(=O)C1. The molecule has 172 valence electrons. The van der Waals surface area contributed by atoms with Crippen molar-refractivity contribution in [3.05, 3.63) is 29.8 Å². The molecule has 8 nitrogen and oxygen atoms in total. The highest BCUT2D eigenvalue weighted by Crippen LogP contribution is 2.19. The van der Waals surface area contributed by atoms with Crippen LogP contribution >= 0.6 is 0 Å². The molecule has 2 rings (SSSR count). The van der Waals surface area contributed by atoms with E-state index >= 15 is 0 Å². The van der Waals surface area contributed by atoms with Gasteiger partial charge in [-0.3, -0.25) is 14.4 Å². The molecule has 1 aromatic rings. The van der Waals surface area contributed by atoms with E-state index < -0.39 is 28.3 Å². The van der Waals surface area contributed by atoms with E-state index in [0.717, 1.165) is 12.8 Å². The van der Waals surface area contributed by atoms with Crippen LogP contribution in [-0.4, -0.2) is 68.3 Å². The van der Waals surface area contributed by atoms with Gasteiger partial charge in [0.05, 0.1) is 24.5 Å². The minimum absolute atomic E-state index is 0.0264. The van der Waals surface area contributed by atoms with Gasteiger partial charge in [-0.15, -0.1) is 0 Å². The van der Waals surface area contributed by atoms with Crippen molar-refractivity contribution in [1.29, 1.82) is 0 Å². The highest BCUT2D eigenvalue weighted by atomic mass is 32.2. The Labute approximate surface area is 183 Å². The van der Waals surface area contributed by atoms with Gasteiger partial charge in [0, 0.05) is 24.6 Å². The Balaban J connectivity index is 1.81. The number of hydrogen-bond donors (Lipinski definition) is 0. The molecule has 0 bridgehead atoms. The molecule has 1 saturated heterocycles. The van der Waals surface area contributed by atoms with E-state index in [1.165, 1.54) is 4.90 Å². The van der Waals surface area contributed by atoms with Gasteiger partial charge in [0.15, 0.2) is 22.2 Å². The Morgan fingerprint density at radius 3 is 2.39 bits per heavy atom. The van der Waals surface area contributed by atoms with E-state index in [1.807, 2.05) is 13.8 Å². The van der Waals surface area contributed by atoms with E-state index in [-0.39, 0.29) is 36.2 Å². The quantitative estimate of drug-likeness (QED) is 0.353. The summed E-state index contributed by atoms with van der Waals surface area (Å²) < 4.78 is 33.9. The Morgan fingerprint density at radius 1 is 1.10 bits per heavy atom. The molecule has 1 atom stereocenters. The third-order valence-electron chi connectivity index (χ3n) is 5.12. The molecule has 0 N–H and O–H groups in total. The third kappa shape index (κ3) is 7.97. The van der Waals surface area contributed by atoms with Crippen LogP contribution in [0, 0.1) is 0 Å². The largest absolute Gasteiger partial charge is 0.494 e. The summed E-state index contributed by atoms with van der Waals surface area (Å²) in [6.07, 6.45) is 1.85. The standard InChI is InChI=1S/C22H31NO7S/c1-3-5-13-23(18-12-14-31(27,28)16-18)21(25)15-30-22(26)11-10-20(24)17-6-8-19(9-7-17)29-4-2/h6-9,18H,3-5,10-16H2,1-2H3. The molecule has 1 amide bonds. The van der Waals surface area contributed by atoms with Gasteiger partial charge >= 0.3 is 5.97 Å². The third-order valence-corrected chi connectivity index (χ3v) is 6.87. The number of nitrogens with zero attached hydrogens (tertiary/aromatic N) is 1. The van der Waals surface area contributed by atoms with Gasteiger partial charge in [0.25, 0.3) is 5.91 Å². The van der Waals surface area contributed by atoms with Crippen molar-refractivity contribution < 1.29 is 32.3 Å². The molecular formula is C22H31NO7S. The second kappa shape index (κ2) is 11.8. The molecule has 1 heterocycles. The fraction of sp³-hybridized carbons (Fsp3) is 0.591. The molecule has 1 unspecified atom stereocenters. The van der Waals surface area contributed by atoms with Crippen LogP contribution in [0.4, 0.5) is 0 Å². The summed E-state index contributed by atoms with van der Waals surface area (Å²) in [5.74, 6) is -0.552. The number of carbonyl (C=O) groups is 3. The molecule has 9 heteroatoms. The van der Waals surface area contributed by atoms with Crippen LogP contribution in [0.2, 0.25) is 0 Å². The number of esters is 1. The first-order valence-corrected chi connectivity index (χ1v) is 12.5. The summed E-state index contributed by atoms with van der Waals surface area (Å²) in [4.78, 5) is 38.4. The highest BCUT2D eigenvalue weighted by Gasteiger charge is 2.34. The topological polar surface area (TPSA) is 107 Å². The van der Waals surface area contributed by atoms with Crippen LogP contribution in [0.5, 0.6) is 5.75 Å². The summed E-state index contributed by atoms with van der Waals surface area (Å²) in [6.45, 7) is 4.37. The number of unbranched alkanes of at least 4 members (excludes halogenated alkanes) is 1. The fourth-order valence-electron chi connectivity index (χ4n) is 3.42. The molecule has 31 heavy (non-hydrogen) atoms. The normalized spacial score (nSPS) is 17.2. The summed E-state index contributed by atoms with van der Waals surface area (Å²) in [7, 11) is -3.13. The summed E-state index contributed by atoms with van der Waals surface area (Å²) >= 11 is 0. The van der Waals surface area contributed by atoms with Crippen molar-refractivity contribution in [2.24, 2.45) is 0 Å². The molecule has 0 aliphatic carbocycles. The predicted octanol–water partition coefficient (Wildman–Crippen LogP) is 2.41. The first kappa shape index (κ1) is 24.8. The second-order valence-corrected chi connectivity index (χ2v) is 9.77. The molecule has 1 fully saturated rings. The highest BCUT2D eigenvalue weighted by molar-refractivity contribution is 7.91. The lowest BCUT2D eigenvalue weighted by Gasteiger charge is -2.28. The number of Topliss-reactive ketones (excluding diaryl/α,β-unsaturated/α-hetero) is 1. The van der Waals surface area contributed by atoms with Crippen molar-refractivity contribution in [2.75, 3.05) is 31.3 Å². The number of carbonyl (C=O) groups excluding carboxylic acids is 3. The van der Waals surface area contributed by atoms with E-state index in [4.69, 9.17) is 9.47 Å². The fourth-order valence-corrected chi connectivity index (χ4v) is 5.15. The van der Waals surface area contributed by atoms with Gasteiger partial charge in [-0.05, 0) is 44.0 Å². The Hall–Kier alpha value is -2.42. The van der Waals surface area contributed by atoms with E-state index in [2.05, 4.69) is 0 Å². The lowest BCUT2D eigenvalue weighted by molar-refractivity contribution is -0.152. The number of rotatable bonds is 12. The minimum Gasteiger partial charge on any atom is -0.494 e. The van der Waals surface area contributed by atoms with Crippen LogP contribution in [-0.2, 0) is 24.2 Å². The van der Waals surface area contributed by atoms with Crippen molar-refractivity contribution in [2.45, 2.75) is 52.0 Å². The zero-order chi connectivity index (χ0) is 22.9. The average Bonchev–Trinajstić information content (AvgIpc) is 3.10. The summed E-state index contributed by atoms with van der Waals surface area (Å²) in [5.41, 5.74) is 0.473. The Bertz CT molecular complexity index is 864. The van der Waals surface area contributed by atoms with E-state index in [9.17, 15) is 22.8 Å². The van der Waals surface area contributed by atoms with Crippen LogP contribution in [0.15, 0.2) is 24.3 Å². The van der Waals surface area contributed by atoms with Gasteiger partial charge < -0.3 is 14.4 Å². The van der Waals surface area contributed by atoms with Gasteiger partial charge in [-0.2, -0.15) is 0 Å². The molecule has 1 aliphatic heterocycles. The van der Waals surface area contributed by atoms with Crippen molar-refractivity contribution in [3.63, 3.8) is 0 Å². The summed E-state index contributed by atoms with van der Waals surface area (Å²) in [5, 5.41) is 0. The van der Waals surface area contributed by atoms with Crippen LogP contribution in [0.3, 0.4) is 0 Å². The number of hydrogen-bond acceptors (Lipinski definition) is 7. The molecular weight excluding hydrogens is 422 g/mol. The Morgan fingerprint density at radius 2 is 1.81 bits per heavy atom. The summed E-state index contributed by atoms with van der Waals surface area (Å²) in [6, 6.07) is 6.31. The lowest BCUT2D eigenvalue weighted by Crippen LogP contribution is -2.43. The molecule has 0 aromatic heterocycles. The molecule has 0 saturated carbocycles. The van der Waals surface area contributed by atoms with Crippen LogP contribution < -0.4 is 4.74 Å². The van der Waals surface area contributed by atoms with Crippen molar-refractivity contribution >= 4 is 27.5 Å². The first-order chi connectivity index (χ1) is 14.8. The number of sulfone groups is 1.